The SMILES string of the molecule is CC1CCCCN1c1ncnc(NN)c1[N+](=O)[O-]. The fourth-order valence-electron chi connectivity index (χ4n) is 2.27. The summed E-state index contributed by atoms with van der Waals surface area (Å²) in [6, 6.07) is 0.234. The van der Waals surface area contributed by atoms with Crippen LogP contribution in [0.1, 0.15) is 26.2 Å². The second-order valence-corrected chi connectivity index (χ2v) is 4.33. The van der Waals surface area contributed by atoms with Gasteiger partial charge in [-0.05, 0) is 26.2 Å². The Labute approximate surface area is 104 Å². The van der Waals surface area contributed by atoms with Crippen LogP contribution in [0.4, 0.5) is 17.3 Å². The van der Waals surface area contributed by atoms with Gasteiger partial charge in [-0.2, -0.15) is 0 Å². The number of aromatic nitrogens is 2. The molecule has 1 fully saturated rings. The smallest absolute Gasteiger partial charge is 0.348 e. The lowest BCUT2D eigenvalue weighted by molar-refractivity contribution is -0.383. The van der Waals surface area contributed by atoms with Gasteiger partial charge in [-0.1, -0.05) is 0 Å². The molecular weight excluding hydrogens is 236 g/mol. The molecule has 0 spiro atoms. The molecule has 0 bridgehead atoms. The molecule has 1 unspecified atom stereocenters. The van der Waals surface area contributed by atoms with E-state index in [1.165, 1.54) is 6.33 Å². The molecular formula is C10H16N6O2. The van der Waals surface area contributed by atoms with Crippen LogP contribution in [0.3, 0.4) is 0 Å². The van der Waals surface area contributed by atoms with Crippen LogP contribution in [0.5, 0.6) is 0 Å². The van der Waals surface area contributed by atoms with Gasteiger partial charge >= 0.3 is 5.69 Å². The van der Waals surface area contributed by atoms with E-state index in [0.29, 0.717) is 5.82 Å². The van der Waals surface area contributed by atoms with Crippen molar-refractivity contribution in [2.45, 2.75) is 32.2 Å². The van der Waals surface area contributed by atoms with Crippen LogP contribution in [-0.4, -0.2) is 27.5 Å². The summed E-state index contributed by atoms with van der Waals surface area (Å²) >= 11 is 0. The van der Waals surface area contributed by atoms with E-state index >= 15 is 0 Å². The third kappa shape index (κ3) is 2.19. The van der Waals surface area contributed by atoms with Crippen molar-refractivity contribution in [1.29, 1.82) is 0 Å². The van der Waals surface area contributed by atoms with Crippen molar-refractivity contribution in [3.63, 3.8) is 0 Å². The third-order valence-electron chi connectivity index (χ3n) is 3.20. The number of anilines is 2. The second-order valence-electron chi connectivity index (χ2n) is 4.33. The Morgan fingerprint density at radius 1 is 1.56 bits per heavy atom. The summed E-state index contributed by atoms with van der Waals surface area (Å²) in [6.45, 7) is 2.81. The summed E-state index contributed by atoms with van der Waals surface area (Å²) in [4.78, 5) is 20.5. The normalized spacial score (nSPS) is 19.7. The highest BCUT2D eigenvalue weighted by molar-refractivity contribution is 5.70. The van der Waals surface area contributed by atoms with Crippen molar-refractivity contribution < 1.29 is 4.92 Å². The van der Waals surface area contributed by atoms with Crippen LogP contribution in [0.25, 0.3) is 0 Å². The molecule has 3 N–H and O–H groups in total. The van der Waals surface area contributed by atoms with E-state index in [0.717, 1.165) is 25.8 Å². The molecule has 0 radical (unpaired) electrons. The molecule has 18 heavy (non-hydrogen) atoms. The minimum Gasteiger partial charge on any atom is -0.348 e. The largest absolute Gasteiger partial charge is 0.354 e. The van der Waals surface area contributed by atoms with Gasteiger partial charge in [0.1, 0.15) is 6.33 Å². The molecule has 1 aromatic heterocycles. The van der Waals surface area contributed by atoms with E-state index in [9.17, 15) is 10.1 Å². The first-order valence-corrected chi connectivity index (χ1v) is 5.87. The van der Waals surface area contributed by atoms with E-state index in [2.05, 4.69) is 15.4 Å². The van der Waals surface area contributed by atoms with Gasteiger partial charge in [-0.15, -0.1) is 0 Å². The fraction of sp³-hybridized carbons (Fsp3) is 0.600. The number of rotatable bonds is 3. The molecule has 2 rings (SSSR count). The lowest BCUT2D eigenvalue weighted by atomic mass is 10.0. The van der Waals surface area contributed by atoms with Crippen molar-refractivity contribution >= 4 is 17.3 Å². The highest BCUT2D eigenvalue weighted by atomic mass is 16.6. The molecule has 8 heteroatoms. The van der Waals surface area contributed by atoms with Crippen LogP contribution in [0.2, 0.25) is 0 Å². The van der Waals surface area contributed by atoms with Crippen molar-refractivity contribution in [2.75, 3.05) is 16.9 Å². The Hall–Kier alpha value is -1.96. The average molecular weight is 252 g/mol. The highest BCUT2D eigenvalue weighted by Gasteiger charge is 2.30. The van der Waals surface area contributed by atoms with E-state index in [1.54, 1.807) is 0 Å². The Morgan fingerprint density at radius 2 is 2.33 bits per heavy atom. The van der Waals surface area contributed by atoms with Crippen molar-refractivity contribution in [3.05, 3.63) is 16.4 Å². The average Bonchev–Trinajstić information content (AvgIpc) is 2.38. The minimum absolute atomic E-state index is 0.0442. The topological polar surface area (TPSA) is 110 Å². The zero-order valence-electron chi connectivity index (χ0n) is 10.2. The van der Waals surface area contributed by atoms with Crippen molar-refractivity contribution in [3.8, 4) is 0 Å². The first-order valence-electron chi connectivity index (χ1n) is 5.87. The van der Waals surface area contributed by atoms with Gasteiger partial charge in [0.25, 0.3) is 0 Å². The molecule has 1 aliphatic heterocycles. The molecule has 0 aromatic carbocycles. The number of piperidine rings is 1. The van der Waals surface area contributed by atoms with Crippen LogP contribution >= 0.6 is 0 Å². The number of hydrogen-bond acceptors (Lipinski definition) is 7. The van der Waals surface area contributed by atoms with Crippen LogP contribution in [0, 0.1) is 10.1 Å². The quantitative estimate of drug-likeness (QED) is 0.470. The van der Waals surface area contributed by atoms with Crippen LogP contribution < -0.4 is 16.2 Å². The third-order valence-corrected chi connectivity index (χ3v) is 3.20. The first kappa shape index (κ1) is 12.5. The van der Waals surface area contributed by atoms with Gasteiger partial charge in [0.05, 0.1) is 4.92 Å². The molecule has 0 saturated carbocycles. The van der Waals surface area contributed by atoms with Gasteiger partial charge in [0, 0.05) is 12.6 Å². The maximum Gasteiger partial charge on any atom is 0.354 e. The highest BCUT2D eigenvalue weighted by Crippen LogP contribution is 2.34. The monoisotopic (exact) mass is 252 g/mol. The second kappa shape index (κ2) is 5.13. The van der Waals surface area contributed by atoms with Crippen molar-refractivity contribution in [1.82, 2.24) is 9.97 Å². The summed E-state index contributed by atoms with van der Waals surface area (Å²) in [7, 11) is 0. The Morgan fingerprint density at radius 3 is 2.94 bits per heavy atom. The van der Waals surface area contributed by atoms with Gasteiger partial charge < -0.3 is 10.3 Å². The summed E-state index contributed by atoms with van der Waals surface area (Å²) in [5, 5.41) is 11.2. The molecule has 0 aliphatic carbocycles. The lowest BCUT2D eigenvalue weighted by Crippen LogP contribution is -2.38. The molecule has 1 aliphatic rings. The van der Waals surface area contributed by atoms with Gasteiger partial charge in [0.2, 0.25) is 11.6 Å². The predicted octanol–water partition coefficient (Wildman–Crippen LogP) is 1.05. The number of nitrogens with one attached hydrogen (secondary N) is 1. The molecule has 2 heterocycles. The zero-order chi connectivity index (χ0) is 13.1. The Balaban J connectivity index is 2.45. The van der Waals surface area contributed by atoms with Gasteiger partial charge in [-0.25, -0.2) is 15.8 Å². The predicted molar refractivity (Wildman–Crippen MR) is 67.2 cm³/mol. The zero-order valence-corrected chi connectivity index (χ0v) is 10.2. The standard InChI is InChI=1S/C10H16N6O2/c1-7-4-2-3-5-15(7)10-8(16(17)18)9(14-11)12-6-13-10/h6-7H,2-5,11H2,1H3,(H,12,13,14). The van der Waals surface area contributed by atoms with Crippen LogP contribution in [0.15, 0.2) is 6.33 Å². The number of hydrazine groups is 1. The number of nitrogens with zero attached hydrogens (tertiary/aromatic N) is 4. The fourth-order valence-corrected chi connectivity index (χ4v) is 2.27. The van der Waals surface area contributed by atoms with E-state index in [-0.39, 0.29) is 17.5 Å². The number of hydrogen-bond donors (Lipinski definition) is 2. The van der Waals surface area contributed by atoms with Crippen molar-refractivity contribution in [2.24, 2.45) is 5.84 Å². The Bertz CT molecular complexity index is 452. The number of nitrogen functional groups attached to an aromatic ring is 1. The number of nitrogens with two attached hydrogens (primary N) is 1. The molecule has 1 atom stereocenters. The number of nitro groups is 1. The molecule has 98 valence electrons. The minimum atomic E-state index is -0.494. The van der Waals surface area contributed by atoms with Crippen LogP contribution in [-0.2, 0) is 0 Å². The Kier molecular flexibility index (Phi) is 3.56. The molecule has 8 nitrogen and oxygen atoms in total. The van der Waals surface area contributed by atoms with Gasteiger partial charge in [-0.3, -0.25) is 10.1 Å². The van der Waals surface area contributed by atoms with E-state index in [1.807, 2.05) is 11.8 Å². The summed E-state index contributed by atoms with van der Waals surface area (Å²) in [5.74, 6) is 5.65. The van der Waals surface area contributed by atoms with E-state index in [4.69, 9.17) is 5.84 Å². The molecule has 0 amide bonds. The maximum atomic E-state index is 11.2. The lowest BCUT2D eigenvalue weighted by Gasteiger charge is -2.33. The first-order chi connectivity index (χ1) is 8.65. The summed E-state index contributed by atoms with van der Waals surface area (Å²) in [5.41, 5.74) is 2.09. The summed E-state index contributed by atoms with van der Waals surface area (Å²) < 4.78 is 0. The summed E-state index contributed by atoms with van der Waals surface area (Å²) in [6.07, 6.45) is 4.45. The van der Waals surface area contributed by atoms with Gasteiger partial charge in [0.15, 0.2) is 0 Å². The van der Waals surface area contributed by atoms with E-state index < -0.39 is 4.92 Å². The molecule has 1 saturated heterocycles. The maximum absolute atomic E-state index is 11.2. The molecule has 1 aromatic rings.